The number of nitrogens with zero attached hydrogens (tertiary/aromatic N) is 1. The van der Waals surface area contributed by atoms with Gasteiger partial charge in [0.1, 0.15) is 5.75 Å². The molecular weight excluding hydrogens is 462 g/mol. The Morgan fingerprint density at radius 2 is 1.83 bits per heavy atom. The number of hydrogen-bond acceptors (Lipinski definition) is 6. The second-order valence-electron chi connectivity index (χ2n) is 11.0. The highest BCUT2D eigenvalue weighted by Gasteiger charge is 2.55. The summed E-state index contributed by atoms with van der Waals surface area (Å²) in [6, 6.07) is 7.02. The van der Waals surface area contributed by atoms with Gasteiger partial charge in [0.05, 0.1) is 0 Å². The Morgan fingerprint density at radius 1 is 1.20 bits per heavy atom. The second kappa shape index (κ2) is 13.0. The minimum atomic E-state index is -0.315. The van der Waals surface area contributed by atoms with Crippen molar-refractivity contribution in [3.05, 3.63) is 29.8 Å². The largest absolute Gasteiger partial charge is 0.508 e. The van der Waals surface area contributed by atoms with Crippen LogP contribution in [-0.2, 0) is 16.0 Å². The van der Waals surface area contributed by atoms with Gasteiger partial charge in [-0.1, -0.05) is 51.3 Å². The molecule has 1 aliphatic carbocycles. The molecule has 0 radical (unpaired) electrons. The van der Waals surface area contributed by atoms with Gasteiger partial charge in [-0.25, -0.2) is 0 Å². The van der Waals surface area contributed by atoms with Crippen LogP contribution in [0.25, 0.3) is 0 Å². The number of hydrogen-bond donors (Lipinski definition) is 4. The summed E-state index contributed by atoms with van der Waals surface area (Å²) in [5.41, 5.74) is 0.732. The topological polar surface area (TPSA) is 102 Å². The molecule has 2 amide bonds. The molecule has 6 atom stereocenters. The van der Waals surface area contributed by atoms with Gasteiger partial charge in [-0.2, -0.15) is 5.06 Å². The van der Waals surface area contributed by atoms with Crippen molar-refractivity contribution in [3.63, 3.8) is 0 Å². The number of nitrogens with one attached hydrogen (secondary N) is 2. The van der Waals surface area contributed by atoms with E-state index in [0.29, 0.717) is 18.3 Å². The summed E-state index contributed by atoms with van der Waals surface area (Å²) < 4.78 is 3.07. The van der Waals surface area contributed by atoms with Crippen molar-refractivity contribution in [2.24, 2.45) is 29.6 Å². The van der Waals surface area contributed by atoms with E-state index in [9.17, 15) is 19.9 Å². The Balaban J connectivity index is 1.93. The molecule has 1 aromatic carbocycles. The van der Waals surface area contributed by atoms with Crippen molar-refractivity contribution in [1.29, 1.82) is 0 Å². The zero-order valence-electron chi connectivity index (χ0n) is 22.4. The quantitative estimate of drug-likeness (QED) is 0.216. The summed E-state index contributed by atoms with van der Waals surface area (Å²) >= 11 is 1.47. The molecule has 198 valence electrons. The summed E-state index contributed by atoms with van der Waals surface area (Å²) in [4.78, 5) is 24.9. The summed E-state index contributed by atoms with van der Waals surface area (Å²) in [5.74, 6) is 2.01. The summed E-state index contributed by atoms with van der Waals surface area (Å²) in [6.07, 6.45) is 3.63. The fraction of sp³-hybridized carbons (Fsp3) is 0.704. The third-order valence-electron chi connectivity index (χ3n) is 7.61. The maximum Gasteiger partial charge on any atom is 0.232 e. The van der Waals surface area contributed by atoms with Crippen LogP contribution in [-0.4, -0.2) is 51.6 Å². The van der Waals surface area contributed by atoms with E-state index in [0.717, 1.165) is 30.6 Å². The number of amides is 2. The standard InChI is InChI=1S/C27H45N3O4S/c1-8-9-21(15-27(5,6)30(7)34)16-35-29-26(33)18(3)24-17(2)25(24)23(28-19(4)31)14-20-10-12-22(32)13-11-20/h10-13,17-18,21,23-25,32,34H,8-9,14-16H2,1-7H3,(H,28,31)(H,29,33). The molecule has 1 fully saturated rings. The Bertz CT molecular complexity index is 830. The highest BCUT2D eigenvalue weighted by molar-refractivity contribution is 7.97. The number of carbonyl (C=O) groups excluding carboxylic acids is 2. The van der Waals surface area contributed by atoms with E-state index in [2.05, 4.69) is 23.9 Å². The lowest BCUT2D eigenvalue weighted by molar-refractivity contribution is -0.145. The van der Waals surface area contributed by atoms with E-state index in [1.807, 2.05) is 32.9 Å². The number of phenolic OH excluding ortho intramolecular Hbond substituents is 1. The van der Waals surface area contributed by atoms with Gasteiger partial charge in [0.2, 0.25) is 11.8 Å². The summed E-state index contributed by atoms with van der Waals surface area (Å²) in [7, 11) is 1.68. The van der Waals surface area contributed by atoms with Crippen LogP contribution in [0.4, 0.5) is 0 Å². The van der Waals surface area contributed by atoms with Gasteiger partial charge in [-0.05, 0) is 74.5 Å². The van der Waals surface area contributed by atoms with Crippen molar-refractivity contribution in [1.82, 2.24) is 15.1 Å². The molecule has 1 aliphatic rings. The lowest BCUT2D eigenvalue weighted by Gasteiger charge is -2.34. The zero-order chi connectivity index (χ0) is 26.3. The lowest BCUT2D eigenvalue weighted by Crippen LogP contribution is -2.41. The van der Waals surface area contributed by atoms with E-state index in [-0.39, 0.29) is 46.9 Å². The van der Waals surface area contributed by atoms with Gasteiger partial charge >= 0.3 is 0 Å². The average molecular weight is 508 g/mol. The highest BCUT2D eigenvalue weighted by atomic mass is 32.2. The average Bonchev–Trinajstić information content (AvgIpc) is 3.44. The van der Waals surface area contributed by atoms with Crippen LogP contribution in [0, 0.1) is 29.6 Å². The molecule has 8 heteroatoms. The van der Waals surface area contributed by atoms with Crippen molar-refractivity contribution in [2.75, 3.05) is 12.8 Å². The van der Waals surface area contributed by atoms with Gasteiger partial charge in [-0.3, -0.25) is 14.3 Å². The van der Waals surface area contributed by atoms with Gasteiger partial charge in [0.25, 0.3) is 0 Å². The molecule has 0 bridgehead atoms. The van der Waals surface area contributed by atoms with Crippen LogP contribution in [0.1, 0.15) is 66.4 Å². The van der Waals surface area contributed by atoms with Crippen molar-refractivity contribution in [2.45, 2.75) is 78.8 Å². The summed E-state index contributed by atoms with van der Waals surface area (Å²) in [6.45, 7) is 11.9. The van der Waals surface area contributed by atoms with Gasteiger partial charge in [0.15, 0.2) is 0 Å². The Kier molecular flexibility index (Phi) is 10.9. The molecule has 0 aromatic heterocycles. The van der Waals surface area contributed by atoms with Gasteiger partial charge < -0.3 is 15.6 Å². The molecule has 0 heterocycles. The summed E-state index contributed by atoms with van der Waals surface area (Å²) in [5, 5.41) is 23.9. The normalized spacial score (nSPS) is 22.4. The van der Waals surface area contributed by atoms with Gasteiger partial charge in [0, 0.05) is 37.2 Å². The van der Waals surface area contributed by atoms with Crippen LogP contribution >= 0.6 is 11.9 Å². The first-order chi connectivity index (χ1) is 16.4. The van der Waals surface area contributed by atoms with Crippen molar-refractivity contribution >= 4 is 23.8 Å². The first-order valence-electron chi connectivity index (χ1n) is 12.8. The smallest absolute Gasteiger partial charge is 0.232 e. The first-order valence-corrected chi connectivity index (χ1v) is 13.7. The third kappa shape index (κ3) is 8.69. The molecule has 1 aromatic rings. The van der Waals surface area contributed by atoms with E-state index < -0.39 is 0 Å². The van der Waals surface area contributed by atoms with Crippen LogP contribution in [0.5, 0.6) is 5.75 Å². The fourth-order valence-electron chi connectivity index (χ4n) is 5.37. The second-order valence-corrected chi connectivity index (χ2v) is 11.8. The first kappa shape index (κ1) is 29.5. The maximum absolute atomic E-state index is 13.0. The van der Waals surface area contributed by atoms with Crippen LogP contribution < -0.4 is 10.0 Å². The third-order valence-corrected chi connectivity index (χ3v) is 8.59. The number of phenols is 1. The maximum atomic E-state index is 13.0. The van der Waals surface area contributed by atoms with Crippen LogP contribution in [0.15, 0.2) is 24.3 Å². The predicted octanol–water partition coefficient (Wildman–Crippen LogP) is 4.63. The van der Waals surface area contributed by atoms with E-state index in [4.69, 9.17) is 0 Å². The Labute approximate surface area is 215 Å². The molecular formula is C27H45N3O4S. The predicted molar refractivity (Wildman–Crippen MR) is 142 cm³/mol. The van der Waals surface area contributed by atoms with Crippen LogP contribution in [0.2, 0.25) is 0 Å². The van der Waals surface area contributed by atoms with Crippen molar-refractivity contribution in [3.8, 4) is 5.75 Å². The number of hydroxylamine groups is 2. The molecule has 0 spiro atoms. The zero-order valence-corrected chi connectivity index (χ0v) is 23.2. The number of carbonyl (C=O) groups is 2. The molecule has 2 rings (SSSR count). The van der Waals surface area contributed by atoms with E-state index >= 15 is 0 Å². The molecule has 1 saturated carbocycles. The SMILES string of the molecule is CCCC(CSNC(=O)C(C)C1C(C)C1C(Cc1ccc(O)cc1)NC(C)=O)CC(C)(C)N(C)O. The lowest BCUT2D eigenvalue weighted by atomic mass is 9.89. The van der Waals surface area contributed by atoms with Crippen molar-refractivity contribution < 1.29 is 19.9 Å². The number of rotatable bonds is 14. The number of benzene rings is 1. The molecule has 0 aliphatic heterocycles. The molecule has 7 nitrogen and oxygen atoms in total. The Hall–Kier alpha value is -1.77. The fourth-order valence-corrected chi connectivity index (χ4v) is 6.30. The van der Waals surface area contributed by atoms with E-state index in [1.165, 1.54) is 23.9 Å². The minimum Gasteiger partial charge on any atom is -0.508 e. The highest BCUT2D eigenvalue weighted by Crippen LogP contribution is 2.53. The van der Waals surface area contributed by atoms with Crippen LogP contribution in [0.3, 0.4) is 0 Å². The molecule has 4 N–H and O–H groups in total. The molecule has 35 heavy (non-hydrogen) atoms. The number of aromatic hydroxyl groups is 1. The minimum absolute atomic E-state index is 0.0364. The van der Waals surface area contributed by atoms with E-state index in [1.54, 1.807) is 19.2 Å². The van der Waals surface area contributed by atoms with Gasteiger partial charge in [-0.15, -0.1) is 0 Å². The molecule has 6 unspecified atom stereocenters. The monoisotopic (exact) mass is 507 g/mol. The Morgan fingerprint density at radius 3 is 2.37 bits per heavy atom. The molecule has 0 saturated heterocycles.